The monoisotopic (exact) mass is 285 g/mol. The van der Waals surface area contributed by atoms with Gasteiger partial charge in [-0.15, -0.1) is 0 Å². The van der Waals surface area contributed by atoms with Gasteiger partial charge >= 0.3 is 0 Å². The summed E-state index contributed by atoms with van der Waals surface area (Å²) < 4.78 is 1.96. The first-order valence-electron chi connectivity index (χ1n) is 7.65. The fourth-order valence-electron chi connectivity index (χ4n) is 2.89. The van der Waals surface area contributed by atoms with E-state index >= 15 is 0 Å². The van der Waals surface area contributed by atoms with Crippen LogP contribution in [-0.2, 0) is 6.54 Å². The van der Waals surface area contributed by atoms with E-state index in [0.29, 0.717) is 0 Å². The molecule has 0 unspecified atom stereocenters. The van der Waals surface area contributed by atoms with Crippen LogP contribution in [0.5, 0.6) is 0 Å². The molecule has 5 nitrogen and oxygen atoms in total. The molecule has 0 saturated carbocycles. The molecule has 1 N–H and O–H groups in total. The van der Waals surface area contributed by atoms with Gasteiger partial charge in [0.25, 0.3) is 0 Å². The first-order chi connectivity index (χ1) is 10.3. The number of aryl methyl sites for hydroxylation is 1. The van der Waals surface area contributed by atoms with Crippen molar-refractivity contribution in [3.8, 4) is 5.82 Å². The van der Waals surface area contributed by atoms with E-state index in [1.807, 2.05) is 29.1 Å². The highest BCUT2D eigenvalue weighted by molar-refractivity contribution is 5.32. The fourth-order valence-corrected chi connectivity index (χ4v) is 2.89. The van der Waals surface area contributed by atoms with Crippen molar-refractivity contribution in [3.05, 3.63) is 41.3 Å². The van der Waals surface area contributed by atoms with E-state index < -0.39 is 0 Å². The van der Waals surface area contributed by atoms with E-state index in [4.69, 9.17) is 0 Å². The number of nitrogens with zero attached hydrogens (tertiary/aromatic N) is 4. The van der Waals surface area contributed by atoms with Crippen LogP contribution in [-0.4, -0.2) is 45.8 Å². The first-order valence-corrected chi connectivity index (χ1v) is 7.65. The largest absolute Gasteiger partial charge is 0.315 e. The third kappa shape index (κ3) is 3.14. The lowest BCUT2D eigenvalue weighted by atomic mass is 10.2. The molecule has 2 aromatic rings. The second-order valence-electron chi connectivity index (χ2n) is 5.63. The zero-order chi connectivity index (χ0) is 14.7. The third-order valence-corrected chi connectivity index (χ3v) is 4.12. The minimum atomic E-state index is 0.891. The minimum Gasteiger partial charge on any atom is -0.315 e. The van der Waals surface area contributed by atoms with Gasteiger partial charge in [0, 0.05) is 37.1 Å². The van der Waals surface area contributed by atoms with Crippen LogP contribution >= 0.6 is 0 Å². The van der Waals surface area contributed by atoms with Crippen LogP contribution in [0.4, 0.5) is 0 Å². The molecular weight excluding hydrogens is 262 g/mol. The van der Waals surface area contributed by atoms with Crippen LogP contribution in [0.1, 0.15) is 23.4 Å². The van der Waals surface area contributed by atoms with E-state index in [1.165, 1.54) is 17.7 Å². The van der Waals surface area contributed by atoms with Gasteiger partial charge in [-0.2, -0.15) is 5.10 Å². The van der Waals surface area contributed by atoms with Crippen molar-refractivity contribution < 1.29 is 0 Å². The first kappa shape index (κ1) is 14.2. The Bertz CT molecular complexity index is 582. The highest BCUT2D eigenvalue weighted by Gasteiger charge is 2.17. The summed E-state index contributed by atoms with van der Waals surface area (Å²) in [6.07, 6.45) is 3.03. The standard InChI is InChI=1S/C16H23N5/c1-13-15(12-20-10-5-7-17-9-11-20)14(2)21(19-13)16-6-3-4-8-18-16/h3-4,6,8,17H,5,7,9-12H2,1-2H3. The molecule has 1 aliphatic heterocycles. The lowest BCUT2D eigenvalue weighted by Gasteiger charge is -2.19. The van der Waals surface area contributed by atoms with Crippen LogP contribution in [0.2, 0.25) is 0 Å². The summed E-state index contributed by atoms with van der Waals surface area (Å²) in [5, 5.41) is 8.13. The zero-order valence-electron chi connectivity index (χ0n) is 12.8. The average molecular weight is 285 g/mol. The Morgan fingerprint density at radius 1 is 1.19 bits per heavy atom. The normalized spacial score (nSPS) is 16.9. The molecule has 0 atom stereocenters. The molecule has 0 spiro atoms. The van der Waals surface area contributed by atoms with Crippen molar-refractivity contribution in [2.75, 3.05) is 26.2 Å². The molecule has 0 aliphatic carbocycles. The number of nitrogens with one attached hydrogen (secondary N) is 1. The van der Waals surface area contributed by atoms with Crippen molar-refractivity contribution in [3.63, 3.8) is 0 Å². The lowest BCUT2D eigenvalue weighted by molar-refractivity contribution is 0.283. The third-order valence-electron chi connectivity index (χ3n) is 4.12. The van der Waals surface area contributed by atoms with Gasteiger partial charge in [0.1, 0.15) is 0 Å². The SMILES string of the molecule is Cc1nn(-c2ccccn2)c(C)c1CN1CCCNCC1. The Labute approximate surface area is 126 Å². The summed E-state index contributed by atoms with van der Waals surface area (Å²) >= 11 is 0. The van der Waals surface area contributed by atoms with Crippen LogP contribution in [0.3, 0.4) is 0 Å². The van der Waals surface area contributed by atoms with Crippen molar-refractivity contribution in [2.45, 2.75) is 26.8 Å². The van der Waals surface area contributed by atoms with Gasteiger partial charge in [0.2, 0.25) is 0 Å². The van der Waals surface area contributed by atoms with Crippen LogP contribution in [0, 0.1) is 13.8 Å². The summed E-state index contributed by atoms with van der Waals surface area (Å²) in [5.74, 6) is 0.891. The highest BCUT2D eigenvalue weighted by atomic mass is 15.3. The molecule has 3 heterocycles. The van der Waals surface area contributed by atoms with Gasteiger partial charge < -0.3 is 5.32 Å². The quantitative estimate of drug-likeness (QED) is 0.932. The Hall–Kier alpha value is -1.72. The molecule has 1 aliphatic rings. The van der Waals surface area contributed by atoms with Gasteiger partial charge in [0.05, 0.1) is 5.69 Å². The Balaban J connectivity index is 1.84. The number of aromatic nitrogens is 3. The zero-order valence-corrected chi connectivity index (χ0v) is 12.8. The van der Waals surface area contributed by atoms with Gasteiger partial charge in [-0.25, -0.2) is 9.67 Å². The smallest absolute Gasteiger partial charge is 0.153 e. The van der Waals surface area contributed by atoms with E-state index in [9.17, 15) is 0 Å². The average Bonchev–Trinajstić information content (AvgIpc) is 2.71. The maximum absolute atomic E-state index is 4.68. The van der Waals surface area contributed by atoms with Crippen LogP contribution < -0.4 is 5.32 Å². The number of hydrogen-bond donors (Lipinski definition) is 1. The van der Waals surface area contributed by atoms with Gasteiger partial charge in [-0.3, -0.25) is 4.90 Å². The number of rotatable bonds is 3. The molecule has 112 valence electrons. The fraction of sp³-hybridized carbons (Fsp3) is 0.500. The van der Waals surface area contributed by atoms with Gasteiger partial charge in [-0.1, -0.05) is 6.07 Å². The van der Waals surface area contributed by atoms with Gasteiger partial charge in [0.15, 0.2) is 5.82 Å². The predicted octanol–water partition coefficient (Wildman–Crippen LogP) is 1.68. The topological polar surface area (TPSA) is 46.0 Å². The van der Waals surface area contributed by atoms with Crippen LogP contribution in [0.15, 0.2) is 24.4 Å². The van der Waals surface area contributed by atoms with E-state index in [1.54, 1.807) is 0 Å². The Morgan fingerprint density at radius 3 is 2.90 bits per heavy atom. The molecule has 0 amide bonds. The highest BCUT2D eigenvalue weighted by Crippen LogP contribution is 2.18. The summed E-state index contributed by atoms with van der Waals surface area (Å²) in [4.78, 5) is 6.92. The lowest BCUT2D eigenvalue weighted by Crippen LogP contribution is -2.28. The maximum Gasteiger partial charge on any atom is 0.153 e. The molecule has 1 saturated heterocycles. The molecule has 0 radical (unpaired) electrons. The number of hydrogen-bond acceptors (Lipinski definition) is 4. The second kappa shape index (κ2) is 6.37. The van der Waals surface area contributed by atoms with Crippen molar-refractivity contribution in [2.24, 2.45) is 0 Å². The second-order valence-corrected chi connectivity index (χ2v) is 5.63. The number of pyridine rings is 1. The van der Waals surface area contributed by atoms with E-state index in [-0.39, 0.29) is 0 Å². The van der Waals surface area contributed by atoms with Crippen molar-refractivity contribution >= 4 is 0 Å². The Kier molecular flexibility index (Phi) is 4.31. The minimum absolute atomic E-state index is 0.891. The summed E-state index contributed by atoms with van der Waals surface area (Å²) in [6, 6.07) is 5.93. The molecule has 1 fully saturated rings. The molecule has 21 heavy (non-hydrogen) atoms. The summed E-state index contributed by atoms with van der Waals surface area (Å²) in [5.41, 5.74) is 3.64. The van der Waals surface area contributed by atoms with Crippen molar-refractivity contribution in [1.29, 1.82) is 0 Å². The molecule has 0 bridgehead atoms. The predicted molar refractivity (Wildman–Crippen MR) is 83.6 cm³/mol. The molecule has 5 heteroatoms. The van der Waals surface area contributed by atoms with Gasteiger partial charge in [-0.05, 0) is 45.5 Å². The molecule has 0 aromatic carbocycles. The Morgan fingerprint density at radius 2 is 2.10 bits per heavy atom. The maximum atomic E-state index is 4.68. The molecule has 2 aromatic heterocycles. The van der Waals surface area contributed by atoms with Crippen LogP contribution in [0.25, 0.3) is 5.82 Å². The van der Waals surface area contributed by atoms with E-state index in [2.05, 4.69) is 34.1 Å². The summed E-state index contributed by atoms with van der Waals surface area (Å²) in [7, 11) is 0. The van der Waals surface area contributed by atoms with E-state index in [0.717, 1.165) is 44.2 Å². The summed E-state index contributed by atoms with van der Waals surface area (Å²) in [6.45, 7) is 9.67. The molecular formula is C16H23N5. The van der Waals surface area contributed by atoms with Crippen molar-refractivity contribution in [1.82, 2.24) is 25.0 Å². The molecule has 3 rings (SSSR count).